The van der Waals surface area contributed by atoms with Gasteiger partial charge in [0.25, 0.3) is 0 Å². The van der Waals surface area contributed by atoms with Crippen molar-refractivity contribution in [1.29, 1.82) is 0 Å². The third-order valence-electron chi connectivity index (χ3n) is 1.65. The van der Waals surface area contributed by atoms with E-state index < -0.39 is 0 Å². The molecule has 0 aromatic rings. The van der Waals surface area contributed by atoms with E-state index in [1.165, 1.54) is 13.1 Å². The minimum absolute atomic E-state index is 0. The van der Waals surface area contributed by atoms with Gasteiger partial charge in [-0.25, -0.2) is 0 Å². The van der Waals surface area contributed by atoms with Gasteiger partial charge in [0.15, 0.2) is 0 Å². The second-order valence-electron chi connectivity index (χ2n) is 3.25. The maximum Gasteiger partial charge on any atom is 0 e. The molecule has 0 aromatic heterocycles. The quantitative estimate of drug-likeness (QED) is 0.309. The molecule has 10 heteroatoms. The Morgan fingerprint density at radius 3 is 1.05 bits per heavy atom. The molecule has 0 bridgehead atoms. The van der Waals surface area contributed by atoms with Crippen molar-refractivity contribution in [2.45, 2.75) is 39.8 Å². The Bertz CT molecular complexity index is 324. The van der Waals surface area contributed by atoms with Crippen molar-refractivity contribution in [3.05, 3.63) is 33.3 Å². The van der Waals surface area contributed by atoms with Crippen molar-refractivity contribution in [3.63, 3.8) is 0 Å². The fourth-order valence-electron chi connectivity index (χ4n) is 1.26. The van der Waals surface area contributed by atoms with Crippen LogP contribution in [-0.2, 0) is 44.3 Å². The van der Waals surface area contributed by atoms with E-state index in [0.29, 0.717) is 12.1 Å². The molecule has 1 rings (SSSR count). The summed E-state index contributed by atoms with van der Waals surface area (Å²) in [6, 6.07) is 1.20. The van der Waals surface area contributed by atoms with E-state index in [-0.39, 0.29) is 28.0 Å². The third-order valence-corrected chi connectivity index (χ3v) is 5.89. The van der Waals surface area contributed by atoms with E-state index in [1.807, 2.05) is 0 Å². The molecule has 22 heavy (non-hydrogen) atoms. The molecular formula is C12H14ClNO5P2W. The van der Waals surface area contributed by atoms with Crippen molar-refractivity contribution in [3.8, 4) is 0 Å². The molecule has 0 spiro atoms. The Labute approximate surface area is 153 Å². The molecule has 1 unspecified atom stereocenters. The van der Waals surface area contributed by atoms with Gasteiger partial charge < -0.3 is 0 Å². The summed E-state index contributed by atoms with van der Waals surface area (Å²) in [5.41, 5.74) is 0. The molecule has 6 nitrogen and oxygen atoms in total. The summed E-state index contributed by atoms with van der Waals surface area (Å²) >= 11 is 6.01. The van der Waals surface area contributed by atoms with Crippen LogP contribution in [0.2, 0.25) is 0 Å². The molecule has 0 N–H and O–H groups in total. The Hall–Kier alpha value is 0.238. The number of nitrogens with zero attached hydrogens (tertiary/aromatic N) is 1. The summed E-state index contributed by atoms with van der Waals surface area (Å²) < 4.78 is 37.5. The van der Waals surface area contributed by atoms with Crippen LogP contribution in [0, 0.1) is 33.3 Å². The molecule has 1 atom stereocenters. The van der Waals surface area contributed by atoms with Gasteiger partial charge in [0.2, 0.25) is 0 Å². The van der Waals surface area contributed by atoms with Gasteiger partial charge >= 0.3 is 56.5 Å². The second-order valence-corrected chi connectivity index (χ2v) is 8.70. The smallest absolute Gasteiger partial charge is 0 e. The average Bonchev–Trinajstić information content (AvgIpc) is 3.25. The zero-order chi connectivity index (χ0) is 18.6. The van der Waals surface area contributed by atoms with Crippen LogP contribution in [-0.4, -0.2) is 22.1 Å². The topological polar surface area (TPSA) is 103 Å². The van der Waals surface area contributed by atoms with Crippen LogP contribution in [0.5, 0.6) is 0 Å². The second kappa shape index (κ2) is 33.0. The minimum atomic E-state index is -0.251. The standard InChI is InChI=1S/C7H14ClNP2.5CO.W/c1-5(2)9(6(3)4)7-10-11(7)8;5*1-2;/h5-6H,1-4H3;;;;;;. The fraction of sp³-hybridized carbons (Fsp3) is 0.500. The van der Waals surface area contributed by atoms with Gasteiger partial charge in [0.1, 0.15) is 0 Å². The molecule has 0 aromatic carbocycles. The normalized spacial score (nSPS) is 12.8. The molecule has 0 amide bonds. The first-order valence-electron chi connectivity index (χ1n) is 4.89. The maximum absolute atomic E-state index is 7.50. The van der Waals surface area contributed by atoms with E-state index in [4.69, 9.17) is 34.5 Å². The van der Waals surface area contributed by atoms with Gasteiger partial charge in [-0.1, -0.05) is 11.2 Å². The zero-order valence-corrected chi connectivity index (χ0v) is 17.8. The van der Waals surface area contributed by atoms with Crippen molar-refractivity contribution < 1.29 is 44.3 Å². The van der Waals surface area contributed by atoms with Crippen molar-refractivity contribution in [2.24, 2.45) is 0 Å². The van der Waals surface area contributed by atoms with Crippen LogP contribution in [0.25, 0.3) is 0 Å². The van der Waals surface area contributed by atoms with Crippen molar-refractivity contribution >= 4 is 31.3 Å². The summed E-state index contributed by atoms with van der Waals surface area (Å²) in [7, 11) is 1.38. The summed E-state index contributed by atoms with van der Waals surface area (Å²) in [4.78, 5) is 2.43. The number of rotatable bonds is 3. The summed E-state index contributed by atoms with van der Waals surface area (Å²) in [6.45, 7) is 31.1. The van der Waals surface area contributed by atoms with Gasteiger partial charge in [0, 0.05) is 33.1 Å². The number of halogens is 1. The van der Waals surface area contributed by atoms with Crippen LogP contribution in [0.4, 0.5) is 0 Å². The van der Waals surface area contributed by atoms with Crippen molar-refractivity contribution in [2.75, 3.05) is 0 Å². The van der Waals surface area contributed by atoms with E-state index >= 15 is 0 Å². The van der Waals surface area contributed by atoms with Crippen LogP contribution < -0.4 is 0 Å². The first kappa shape index (κ1) is 38.0. The Kier molecular flexibility index (Phi) is 57.0. The van der Waals surface area contributed by atoms with E-state index in [9.17, 15) is 0 Å². The first-order valence-corrected chi connectivity index (χ1v) is 8.73. The molecule has 1 aliphatic heterocycles. The summed E-state index contributed by atoms with van der Waals surface area (Å²) in [6.07, 6.45) is 0. The molecule has 0 saturated heterocycles. The molecule has 0 fully saturated rings. The monoisotopic (exact) mass is 533 g/mol. The molecule has 1 aliphatic rings. The van der Waals surface area contributed by atoms with Crippen LogP contribution >= 0.6 is 26.1 Å². The SMILES string of the molecule is CC(C)N(C1=PP1Cl)C(C)C.[C-]#[O+].[C-]#[O+].[C-]#[O+].[C-]#[O+].[C-]#[O+].[W]. The molecule has 0 saturated carbocycles. The number of hydrogen-bond donors (Lipinski definition) is 0. The third kappa shape index (κ3) is 22.5. The fourth-order valence-corrected chi connectivity index (χ4v) is 5.33. The van der Waals surface area contributed by atoms with Gasteiger partial charge in [-0.15, -0.1) is 0 Å². The predicted molar refractivity (Wildman–Crippen MR) is 76.5 cm³/mol. The average molecular weight is 533 g/mol. The van der Waals surface area contributed by atoms with Gasteiger partial charge in [0.05, 0.1) is 12.1 Å². The van der Waals surface area contributed by atoms with E-state index in [1.54, 1.807) is 0 Å². The van der Waals surface area contributed by atoms with Crippen LogP contribution in [0.15, 0.2) is 0 Å². The number of hydrogen-bond acceptors (Lipinski definition) is 1. The Morgan fingerprint density at radius 2 is 1.00 bits per heavy atom. The first-order chi connectivity index (χ1) is 10.0. The van der Waals surface area contributed by atoms with Crippen LogP contribution in [0.1, 0.15) is 27.7 Å². The summed E-state index contributed by atoms with van der Waals surface area (Å²) in [5.74, 6) is 0. The molecular weight excluding hydrogens is 519 g/mol. The van der Waals surface area contributed by atoms with Gasteiger partial charge in [-0.2, -0.15) is 0 Å². The van der Waals surface area contributed by atoms with E-state index in [0.717, 1.165) is 0 Å². The van der Waals surface area contributed by atoms with Gasteiger partial charge in [-0.05, 0) is 35.6 Å². The van der Waals surface area contributed by atoms with Crippen molar-refractivity contribution in [1.82, 2.24) is 4.90 Å². The Balaban J connectivity index is -0.0000000500. The molecule has 0 aliphatic carbocycles. The molecule has 120 valence electrons. The molecule has 1 heterocycles. The van der Waals surface area contributed by atoms with Gasteiger partial charge in [-0.3, -0.25) is 4.90 Å². The van der Waals surface area contributed by atoms with Crippen LogP contribution in [0.3, 0.4) is 0 Å². The predicted octanol–water partition coefficient (Wildman–Crippen LogP) is 3.51. The zero-order valence-electron chi connectivity index (χ0n) is 12.3. The summed E-state index contributed by atoms with van der Waals surface area (Å²) in [5, 5.41) is 1.46. The maximum atomic E-state index is 7.50. The minimum Gasteiger partial charge on any atom is 0 e. The molecule has 0 radical (unpaired) electrons. The Morgan fingerprint density at radius 1 is 0.818 bits per heavy atom. The largest absolute Gasteiger partial charge is 0 e. The van der Waals surface area contributed by atoms with E-state index in [2.05, 4.69) is 65.8 Å².